The lowest BCUT2D eigenvalue weighted by Crippen LogP contribution is -2.46. The number of aromatic nitrogens is 1. The summed E-state index contributed by atoms with van der Waals surface area (Å²) in [7, 11) is 0. The zero-order chi connectivity index (χ0) is 24.5. The second-order valence-electron chi connectivity index (χ2n) is 8.54. The molecule has 182 valence electrons. The van der Waals surface area contributed by atoms with Crippen molar-refractivity contribution in [1.82, 2.24) is 21.2 Å². The number of carbonyl (C=O) groups excluding carboxylic acids is 1. The number of rotatable bonds is 10. The molecule has 2 amide bonds. The number of carbonyl (C=O) groups is 2. The average Bonchev–Trinajstić information content (AvgIpc) is 2.89. The molecule has 8 heteroatoms. The largest absolute Gasteiger partial charge is 0.482 e. The van der Waals surface area contributed by atoms with Gasteiger partial charge in [0.15, 0.2) is 6.61 Å². The van der Waals surface area contributed by atoms with Crippen molar-refractivity contribution in [2.24, 2.45) is 0 Å². The van der Waals surface area contributed by atoms with Gasteiger partial charge in [-0.25, -0.2) is 15.0 Å². The van der Waals surface area contributed by atoms with Crippen LogP contribution in [-0.4, -0.2) is 35.2 Å². The molecule has 0 fully saturated rings. The number of pyridine rings is 1. The molecule has 2 unspecified atom stereocenters. The summed E-state index contributed by atoms with van der Waals surface area (Å²) in [6, 6.07) is 18.7. The molecule has 8 nitrogen and oxygen atoms in total. The normalized spacial score (nSPS) is 15.5. The molecule has 0 spiro atoms. The van der Waals surface area contributed by atoms with E-state index in [1.807, 2.05) is 54.6 Å². The van der Waals surface area contributed by atoms with Gasteiger partial charge in [-0.2, -0.15) is 0 Å². The molecule has 3 aromatic rings. The number of aliphatic carboxylic acids is 1. The van der Waals surface area contributed by atoms with E-state index in [0.29, 0.717) is 18.2 Å². The van der Waals surface area contributed by atoms with Crippen molar-refractivity contribution >= 4 is 12.0 Å². The van der Waals surface area contributed by atoms with Crippen molar-refractivity contribution < 1.29 is 19.4 Å². The van der Waals surface area contributed by atoms with E-state index in [-0.39, 0.29) is 18.7 Å². The first kappa shape index (κ1) is 24.2. The van der Waals surface area contributed by atoms with Crippen LogP contribution in [-0.2, 0) is 11.2 Å². The van der Waals surface area contributed by atoms with E-state index >= 15 is 0 Å². The summed E-state index contributed by atoms with van der Waals surface area (Å²) in [4.78, 5) is 27.7. The molecule has 0 radical (unpaired) electrons. The van der Waals surface area contributed by atoms with Gasteiger partial charge in [-0.05, 0) is 66.0 Å². The average molecular weight is 475 g/mol. The van der Waals surface area contributed by atoms with Crippen LogP contribution >= 0.6 is 0 Å². The second-order valence-corrected chi connectivity index (χ2v) is 8.54. The molecule has 4 rings (SSSR count). The number of nitrogens with zero attached hydrogens (tertiary/aromatic N) is 1. The number of benzene rings is 2. The summed E-state index contributed by atoms with van der Waals surface area (Å²) in [6.07, 6.45) is 7.23. The summed E-state index contributed by atoms with van der Waals surface area (Å²) in [6.45, 7) is 0.255. The number of hydrazine groups is 1. The number of carboxylic acid groups (broad SMARTS) is 1. The van der Waals surface area contributed by atoms with Crippen LogP contribution in [0.3, 0.4) is 0 Å². The molecule has 0 bridgehead atoms. The maximum absolute atomic E-state index is 12.7. The lowest BCUT2D eigenvalue weighted by Gasteiger charge is -2.27. The zero-order valence-corrected chi connectivity index (χ0v) is 19.4. The van der Waals surface area contributed by atoms with Crippen molar-refractivity contribution in [2.45, 2.75) is 37.6 Å². The minimum absolute atomic E-state index is 0.317. The highest BCUT2D eigenvalue weighted by Crippen LogP contribution is 2.38. The van der Waals surface area contributed by atoms with E-state index < -0.39 is 5.97 Å². The number of ether oxygens (including phenoxy) is 1. The van der Waals surface area contributed by atoms with E-state index in [1.165, 1.54) is 5.56 Å². The molecule has 4 N–H and O–H groups in total. The second kappa shape index (κ2) is 12.0. The Balaban J connectivity index is 1.31. The first-order chi connectivity index (χ1) is 17.1. The van der Waals surface area contributed by atoms with Crippen LogP contribution in [0, 0.1) is 0 Å². The molecule has 2 atom stereocenters. The topological polar surface area (TPSA) is 113 Å². The monoisotopic (exact) mass is 474 g/mol. The zero-order valence-electron chi connectivity index (χ0n) is 19.4. The highest BCUT2D eigenvalue weighted by atomic mass is 16.5. The fourth-order valence-electron chi connectivity index (χ4n) is 4.60. The predicted molar refractivity (Wildman–Crippen MR) is 132 cm³/mol. The fraction of sp³-hybridized carbons (Fsp3) is 0.296. The van der Waals surface area contributed by atoms with E-state index in [4.69, 9.17) is 9.84 Å². The SMILES string of the molecule is O=C(O)COc1cccc2c1CCCC2CCNNC(=O)NC(c1ccccc1)c1cccnc1. The van der Waals surface area contributed by atoms with E-state index in [2.05, 4.69) is 27.2 Å². The first-order valence-electron chi connectivity index (χ1n) is 11.8. The van der Waals surface area contributed by atoms with Gasteiger partial charge in [0.05, 0.1) is 6.04 Å². The Hall–Kier alpha value is -3.91. The third-order valence-electron chi connectivity index (χ3n) is 6.19. The number of urea groups is 1. The quantitative estimate of drug-likeness (QED) is 0.261. The number of fused-ring (bicyclic) bond motifs is 1. The molecule has 0 saturated heterocycles. The van der Waals surface area contributed by atoms with E-state index in [1.54, 1.807) is 12.4 Å². The number of hydrogen-bond acceptors (Lipinski definition) is 5. The Bertz CT molecular complexity index is 1090. The van der Waals surface area contributed by atoms with Crippen LogP contribution in [0.2, 0.25) is 0 Å². The summed E-state index contributed by atoms with van der Waals surface area (Å²) in [5.74, 6) is -0.0130. The van der Waals surface area contributed by atoms with Crippen molar-refractivity contribution in [3.05, 3.63) is 95.3 Å². The Morgan fingerprint density at radius 1 is 1.06 bits per heavy atom. The maximum atomic E-state index is 12.7. The highest BCUT2D eigenvalue weighted by molar-refractivity contribution is 5.74. The molecule has 0 aliphatic heterocycles. The van der Waals surface area contributed by atoms with Crippen molar-refractivity contribution in [2.75, 3.05) is 13.2 Å². The van der Waals surface area contributed by atoms with Crippen LogP contribution in [0.15, 0.2) is 73.1 Å². The van der Waals surface area contributed by atoms with Crippen molar-refractivity contribution in [1.29, 1.82) is 0 Å². The summed E-state index contributed by atoms with van der Waals surface area (Å²) in [5, 5.41) is 11.9. The van der Waals surface area contributed by atoms with Gasteiger partial charge < -0.3 is 15.2 Å². The van der Waals surface area contributed by atoms with Gasteiger partial charge in [-0.1, -0.05) is 48.5 Å². The van der Waals surface area contributed by atoms with Crippen molar-refractivity contribution in [3.63, 3.8) is 0 Å². The van der Waals surface area contributed by atoms with Gasteiger partial charge in [0, 0.05) is 18.9 Å². The van der Waals surface area contributed by atoms with E-state index in [0.717, 1.165) is 42.4 Å². The molecule has 1 aliphatic carbocycles. The minimum Gasteiger partial charge on any atom is -0.482 e. The third-order valence-corrected chi connectivity index (χ3v) is 6.19. The number of hydrogen-bond donors (Lipinski definition) is 4. The Labute approximate surface area is 204 Å². The lowest BCUT2D eigenvalue weighted by molar-refractivity contribution is -0.139. The van der Waals surface area contributed by atoms with Gasteiger partial charge in [-0.3, -0.25) is 10.4 Å². The summed E-state index contributed by atoms with van der Waals surface area (Å²) >= 11 is 0. The molecule has 1 heterocycles. The van der Waals surface area contributed by atoms with Gasteiger partial charge in [0.2, 0.25) is 0 Å². The third kappa shape index (κ3) is 6.58. The Morgan fingerprint density at radius 2 is 1.89 bits per heavy atom. The highest BCUT2D eigenvalue weighted by Gasteiger charge is 2.23. The van der Waals surface area contributed by atoms with Crippen LogP contribution in [0.5, 0.6) is 5.75 Å². The Kier molecular flexibility index (Phi) is 8.30. The molecule has 35 heavy (non-hydrogen) atoms. The molecular formula is C27H30N4O4. The predicted octanol–water partition coefficient (Wildman–Crippen LogP) is 3.95. The van der Waals surface area contributed by atoms with Crippen molar-refractivity contribution in [3.8, 4) is 5.75 Å². The Morgan fingerprint density at radius 3 is 2.66 bits per heavy atom. The summed E-state index contributed by atoms with van der Waals surface area (Å²) in [5.41, 5.74) is 9.95. The minimum atomic E-state index is -0.985. The standard InChI is InChI=1S/C27H30N4O4/c32-25(33)18-35-24-13-5-11-22-19(9-4-12-23(22)24)14-16-29-31-27(34)30-26(20-7-2-1-3-8-20)21-10-6-15-28-17-21/h1-3,5-8,10-11,13,15,17,19,26,29H,4,9,12,14,16,18H2,(H,32,33)(H2,30,31,34). The lowest BCUT2D eigenvalue weighted by atomic mass is 9.80. The van der Waals surface area contributed by atoms with Gasteiger partial charge in [0.1, 0.15) is 5.75 Å². The van der Waals surface area contributed by atoms with Crippen LogP contribution < -0.4 is 20.9 Å². The molecular weight excluding hydrogens is 444 g/mol. The van der Waals surface area contributed by atoms with E-state index in [9.17, 15) is 9.59 Å². The van der Waals surface area contributed by atoms with Gasteiger partial charge in [-0.15, -0.1) is 0 Å². The van der Waals surface area contributed by atoms with Gasteiger partial charge in [0.25, 0.3) is 0 Å². The van der Waals surface area contributed by atoms with Crippen LogP contribution in [0.1, 0.15) is 53.5 Å². The maximum Gasteiger partial charge on any atom is 0.341 e. The molecule has 1 aromatic heterocycles. The number of carboxylic acids is 1. The van der Waals surface area contributed by atoms with Gasteiger partial charge >= 0.3 is 12.0 Å². The fourth-order valence-corrected chi connectivity index (χ4v) is 4.60. The van der Waals surface area contributed by atoms with Crippen LogP contribution in [0.4, 0.5) is 4.79 Å². The number of amides is 2. The molecule has 1 aliphatic rings. The summed E-state index contributed by atoms with van der Waals surface area (Å²) < 4.78 is 5.50. The molecule has 2 aromatic carbocycles. The smallest absolute Gasteiger partial charge is 0.341 e. The number of nitrogens with one attached hydrogen (secondary N) is 3. The first-order valence-corrected chi connectivity index (χ1v) is 11.8. The molecule has 0 saturated carbocycles. The van der Waals surface area contributed by atoms with Crippen LogP contribution in [0.25, 0.3) is 0 Å².